The Balaban J connectivity index is 1.52. The van der Waals surface area contributed by atoms with Gasteiger partial charge in [0.05, 0.1) is 17.5 Å². The third-order valence-corrected chi connectivity index (χ3v) is 6.49. The van der Waals surface area contributed by atoms with Crippen molar-refractivity contribution in [2.24, 2.45) is 7.05 Å². The molecule has 0 aliphatic carbocycles. The molecule has 3 aromatic carbocycles. The third kappa shape index (κ3) is 4.63. The van der Waals surface area contributed by atoms with E-state index in [-0.39, 0.29) is 11.3 Å². The summed E-state index contributed by atoms with van der Waals surface area (Å²) in [5, 5.41) is 1.82. The summed E-state index contributed by atoms with van der Waals surface area (Å²) in [6, 6.07) is 19.9. The lowest BCUT2D eigenvalue weighted by Gasteiger charge is -2.11. The van der Waals surface area contributed by atoms with Gasteiger partial charge in [0, 0.05) is 36.1 Å². The SMILES string of the molecule is COCc1cccc2nc(SCc3ccc(C(=O)c4ccc(Cl)cc4)cc3)n(C)c(=O)c12. The van der Waals surface area contributed by atoms with Crippen LogP contribution < -0.4 is 5.56 Å². The molecule has 0 aliphatic rings. The van der Waals surface area contributed by atoms with Crippen LogP contribution in [0.3, 0.4) is 0 Å². The molecule has 32 heavy (non-hydrogen) atoms. The van der Waals surface area contributed by atoms with E-state index in [4.69, 9.17) is 21.3 Å². The van der Waals surface area contributed by atoms with Crippen LogP contribution >= 0.6 is 23.4 Å². The Kier molecular flexibility index (Phi) is 6.74. The van der Waals surface area contributed by atoms with Crippen molar-refractivity contribution in [3.8, 4) is 0 Å². The zero-order valence-corrected chi connectivity index (χ0v) is 19.2. The maximum absolute atomic E-state index is 12.9. The molecule has 0 amide bonds. The fourth-order valence-electron chi connectivity index (χ4n) is 3.43. The van der Waals surface area contributed by atoms with Gasteiger partial charge >= 0.3 is 0 Å². The molecular formula is C25H21ClN2O3S. The average Bonchev–Trinajstić information content (AvgIpc) is 2.81. The monoisotopic (exact) mass is 464 g/mol. The van der Waals surface area contributed by atoms with E-state index in [1.165, 1.54) is 11.8 Å². The van der Waals surface area contributed by atoms with Crippen LogP contribution in [-0.4, -0.2) is 22.4 Å². The lowest BCUT2D eigenvalue weighted by molar-refractivity contribution is 0.103. The minimum Gasteiger partial charge on any atom is -0.380 e. The lowest BCUT2D eigenvalue weighted by atomic mass is 10.0. The van der Waals surface area contributed by atoms with E-state index in [1.807, 2.05) is 42.5 Å². The highest BCUT2D eigenvalue weighted by molar-refractivity contribution is 7.98. The second kappa shape index (κ2) is 9.69. The molecule has 0 saturated carbocycles. The number of benzene rings is 3. The summed E-state index contributed by atoms with van der Waals surface area (Å²) in [6.45, 7) is 0.363. The number of methoxy groups -OCH3 is 1. The van der Waals surface area contributed by atoms with Crippen molar-refractivity contribution in [3.63, 3.8) is 0 Å². The van der Waals surface area contributed by atoms with E-state index < -0.39 is 0 Å². The first-order chi connectivity index (χ1) is 15.5. The van der Waals surface area contributed by atoms with Gasteiger partial charge in [-0.2, -0.15) is 0 Å². The molecule has 0 aliphatic heterocycles. The first-order valence-corrected chi connectivity index (χ1v) is 11.3. The minimum absolute atomic E-state index is 0.0497. The number of ketones is 1. The van der Waals surface area contributed by atoms with E-state index in [1.54, 1.807) is 43.0 Å². The smallest absolute Gasteiger partial charge is 0.262 e. The predicted octanol–water partition coefficient (Wildman–Crippen LogP) is 5.26. The number of fused-ring (bicyclic) bond motifs is 1. The van der Waals surface area contributed by atoms with Gasteiger partial charge in [-0.25, -0.2) is 4.98 Å². The number of nitrogens with zero attached hydrogens (tertiary/aromatic N) is 2. The molecule has 1 aromatic heterocycles. The number of hydrogen-bond donors (Lipinski definition) is 0. The predicted molar refractivity (Wildman–Crippen MR) is 129 cm³/mol. The first-order valence-electron chi connectivity index (χ1n) is 9.97. The topological polar surface area (TPSA) is 61.2 Å². The van der Waals surface area contributed by atoms with Gasteiger partial charge in [0.25, 0.3) is 5.56 Å². The number of carbonyl (C=O) groups excluding carboxylic acids is 1. The minimum atomic E-state index is -0.0888. The highest BCUT2D eigenvalue weighted by Crippen LogP contribution is 2.24. The molecule has 0 bridgehead atoms. The Labute approximate surface area is 195 Å². The van der Waals surface area contributed by atoms with Crippen LogP contribution in [0.15, 0.2) is 76.7 Å². The second-order valence-corrected chi connectivity index (χ2v) is 8.70. The summed E-state index contributed by atoms with van der Waals surface area (Å²) in [5.41, 5.74) is 3.64. The molecule has 0 spiro atoms. The van der Waals surface area contributed by atoms with Crippen LogP contribution in [0.5, 0.6) is 0 Å². The molecule has 0 unspecified atom stereocenters. The molecule has 0 N–H and O–H groups in total. The van der Waals surface area contributed by atoms with Gasteiger partial charge in [0.1, 0.15) is 0 Å². The van der Waals surface area contributed by atoms with Crippen molar-refractivity contribution >= 4 is 40.0 Å². The number of thioether (sulfide) groups is 1. The van der Waals surface area contributed by atoms with Gasteiger partial charge < -0.3 is 4.74 Å². The molecular weight excluding hydrogens is 444 g/mol. The molecule has 0 atom stereocenters. The Morgan fingerprint density at radius 1 is 1.03 bits per heavy atom. The summed E-state index contributed by atoms with van der Waals surface area (Å²) in [5.74, 6) is 0.574. The Bertz CT molecular complexity index is 1330. The van der Waals surface area contributed by atoms with E-state index >= 15 is 0 Å². The van der Waals surface area contributed by atoms with Gasteiger partial charge in [-0.05, 0) is 41.5 Å². The largest absolute Gasteiger partial charge is 0.380 e. The first kappa shape index (κ1) is 22.3. The number of hydrogen-bond acceptors (Lipinski definition) is 5. The van der Waals surface area contributed by atoms with Crippen molar-refractivity contribution in [1.82, 2.24) is 9.55 Å². The second-order valence-electron chi connectivity index (χ2n) is 7.32. The molecule has 162 valence electrons. The Morgan fingerprint density at radius 2 is 1.69 bits per heavy atom. The maximum atomic E-state index is 12.9. The summed E-state index contributed by atoms with van der Waals surface area (Å²) in [4.78, 5) is 30.3. The fourth-order valence-corrected chi connectivity index (χ4v) is 4.49. The average molecular weight is 465 g/mol. The van der Waals surface area contributed by atoms with E-state index in [0.717, 1.165) is 11.1 Å². The zero-order chi connectivity index (χ0) is 22.7. The van der Waals surface area contributed by atoms with Crippen LogP contribution in [0, 0.1) is 0 Å². The summed E-state index contributed by atoms with van der Waals surface area (Å²) in [6.07, 6.45) is 0. The van der Waals surface area contributed by atoms with E-state index in [2.05, 4.69) is 0 Å². The third-order valence-electron chi connectivity index (χ3n) is 5.14. The van der Waals surface area contributed by atoms with Gasteiger partial charge in [0.2, 0.25) is 0 Å². The van der Waals surface area contributed by atoms with Crippen LogP contribution in [-0.2, 0) is 24.1 Å². The number of carbonyl (C=O) groups is 1. The molecule has 0 radical (unpaired) electrons. The van der Waals surface area contributed by atoms with Gasteiger partial charge in [-0.3, -0.25) is 14.2 Å². The van der Waals surface area contributed by atoms with Gasteiger partial charge in [-0.15, -0.1) is 0 Å². The van der Waals surface area contributed by atoms with Crippen molar-refractivity contribution < 1.29 is 9.53 Å². The quantitative estimate of drug-likeness (QED) is 0.212. The van der Waals surface area contributed by atoms with E-state index in [0.29, 0.717) is 44.6 Å². The fraction of sp³-hybridized carbons (Fsp3) is 0.160. The Morgan fingerprint density at radius 3 is 2.34 bits per heavy atom. The molecule has 4 rings (SSSR count). The number of ether oxygens (including phenoxy) is 1. The van der Waals surface area contributed by atoms with Crippen molar-refractivity contribution in [2.45, 2.75) is 17.5 Å². The van der Waals surface area contributed by atoms with Crippen LogP contribution in [0.1, 0.15) is 27.0 Å². The van der Waals surface area contributed by atoms with Crippen LogP contribution in [0.25, 0.3) is 10.9 Å². The highest BCUT2D eigenvalue weighted by Gasteiger charge is 2.13. The number of halogens is 1. The molecule has 4 aromatic rings. The number of aromatic nitrogens is 2. The van der Waals surface area contributed by atoms with E-state index in [9.17, 15) is 9.59 Å². The summed E-state index contributed by atoms with van der Waals surface area (Å²) < 4.78 is 6.79. The van der Waals surface area contributed by atoms with Crippen molar-refractivity contribution in [3.05, 3.63) is 104 Å². The van der Waals surface area contributed by atoms with Crippen molar-refractivity contribution in [2.75, 3.05) is 7.11 Å². The summed E-state index contributed by atoms with van der Waals surface area (Å²) >= 11 is 7.38. The zero-order valence-electron chi connectivity index (χ0n) is 17.7. The Hall–Kier alpha value is -2.93. The molecule has 7 heteroatoms. The van der Waals surface area contributed by atoms with Gasteiger partial charge in [0.15, 0.2) is 10.9 Å². The number of rotatable bonds is 7. The summed E-state index contributed by atoms with van der Waals surface area (Å²) in [7, 11) is 3.34. The standard InChI is InChI=1S/C25H21ClN2O3S/c1-28-24(30)22-19(14-31-2)4-3-5-21(22)27-25(28)32-15-16-6-8-17(9-7-16)23(29)18-10-12-20(26)13-11-18/h3-13H,14-15H2,1-2H3. The van der Waals surface area contributed by atoms with Gasteiger partial charge in [-0.1, -0.05) is 59.8 Å². The molecule has 5 nitrogen and oxygen atoms in total. The van der Waals surface area contributed by atoms with Crippen molar-refractivity contribution in [1.29, 1.82) is 0 Å². The van der Waals surface area contributed by atoms with Crippen LogP contribution in [0.4, 0.5) is 0 Å². The van der Waals surface area contributed by atoms with Crippen LogP contribution in [0.2, 0.25) is 5.02 Å². The normalized spacial score (nSPS) is 11.1. The highest BCUT2D eigenvalue weighted by atomic mass is 35.5. The molecule has 0 saturated heterocycles. The molecule has 0 fully saturated rings. The maximum Gasteiger partial charge on any atom is 0.262 e. The molecule has 1 heterocycles. The lowest BCUT2D eigenvalue weighted by Crippen LogP contribution is -2.21.